The van der Waals surface area contributed by atoms with Gasteiger partial charge in [0.05, 0.1) is 7.11 Å². The normalized spacial score (nSPS) is 18.2. The topological polar surface area (TPSA) is 24.5 Å². The molecule has 0 amide bonds. The second kappa shape index (κ2) is 7.04. The van der Waals surface area contributed by atoms with Crippen molar-refractivity contribution in [1.29, 1.82) is 0 Å². The minimum absolute atomic E-state index is 0.156. The number of hydrogen-bond acceptors (Lipinski definition) is 3. The van der Waals surface area contributed by atoms with Crippen LogP contribution in [0.5, 0.6) is 5.75 Å². The number of nitrogens with one attached hydrogen (secondary N) is 1. The van der Waals surface area contributed by atoms with Gasteiger partial charge in [-0.15, -0.1) is 0 Å². The summed E-state index contributed by atoms with van der Waals surface area (Å²) < 4.78 is 19.5. The van der Waals surface area contributed by atoms with E-state index in [2.05, 4.69) is 24.1 Å². The third-order valence-electron chi connectivity index (χ3n) is 3.85. The molecule has 1 N–H and O–H groups in total. The molecule has 1 aliphatic rings. The maximum Gasteiger partial charge on any atom is 0.131 e. The van der Waals surface area contributed by atoms with Gasteiger partial charge < -0.3 is 10.1 Å². The van der Waals surface area contributed by atoms with Crippen LogP contribution in [0.3, 0.4) is 0 Å². The number of methoxy groups -OCH3 is 1. The fourth-order valence-corrected chi connectivity index (χ4v) is 2.82. The molecule has 4 heteroatoms. The number of ether oxygens (including phenoxy) is 1. The van der Waals surface area contributed by atoms with Gasteiger partial charge in [0.2, 0.25) is 0 Å². The molecule has 1 aliphatic heterocycles. The zero-order valence-corrected chi connectivity index (χ0v) is 12.7. The largest absolute Gasteiger partial charge is 0.497 e. The van der Waals surface area contributed by atoms with E-state index in [4.69, 9.17) is 4.74 Å². The molecule has 0 spiro atoms. The van der Waals surface area contributed by atoms with Gasteiger partial charge in [0.1, 0.15) is 11.6 Å². The van der Waals surface area contributed by atoms with Gasteiger partial charge in [0.25, 0.3) is 0 Å². The molecule has 20 heavy (non-hydrogen) atoms. The summed E-state index contributed by atoms with van der Waals surface area (Å²) in [6.07, 6.45) is 0.975. The Morgan fingerprint density at radius 2 is 2.00 bits per heavy atom. The molecule has 0 radical (unpaired) electrons. The summed E-state index contributed by atoms with van der Waals surface area (Å²) in [5, 5.41) is 3.35. The number of halogens is 1. The summed E-state index contributed by atoms with van der Waals surface area (Å²) in [5.74, 6) is 0.958. The van der Waals surface area contributed by atoms with Crippen LogP contribution in [0.25, 0.3) is 0 Å². The number of nitrogens with zero attached hydrogens (tertiary/aromatic N) is 1. The molecule has 1 saturated heterocycles. The summed E-state index contributed by atoms with van der Waals surface area (Å²) in [7, 11) is 1.57. The second-order valence-electron chi connectivity index (χ2n) is 5.82. The van der Waals surface area contributed by atoms with Crippen molar-refractivity contribution in [2.24, 2.45) is 5.92 Å². The van der Waals surface area contributed by atoms with Crippen LogP contribution < -0.4 is 10.1 Å². The minimum Gasteiger partial charge on any atom is -0.497 e. The average Bonchev–Trinajstić information content (AvgIpc) is 2.45. The molecule has 0 bridgehead atoms. The molecule has 1 aromatic carbocycles. The van der Waals surface area contributed by atoms with Crippen LogP contribution in [0, 0.1) is 11.7 Å². The predicted molar refractivity (Wildman–Crippen MR) is 79.6 cm³/mol. The lowest BCUT2D eigenvalue weighted by atomic mass is 9.94. The predicted octanol–water partition coefficient (Wildman–Crippen LogP) is 2.83. The number of hydrogen-bond donors (Lipinski definition) is 1. The van der Waals surface area contributed by atoms with Crippen molar-refractivity contribution in [2.45, 2.75) is 26.3 Å². The van der Waals surface area contributed by atoms with Gasteiger partial charge >= 0.3 is 0 Å². The quantitative estimate of drug-likeness (QED) is 0.897. The molecule has 1 aromatic rings. The zero-order chi connectivity index (χ0) is 14.5. The van der Waals surface area contributed by atoms with E-state index < -0.39 is 0 Å². The van der Waals surface area contributed by atoms with Crippen LogP contribution in [0.2, 0.25) is 0 Å². The third kappa shape index (κ3) is 3.70. The minimum atomic E-state index is -0.159. The molecule has 2 rings (SSSR count). The van der Waals surface area contributed by atoms with Gasteiger partial charge in [-0.2, -0.15) is 0 Å². The highest BCUT2D eigenvalue weighted by Crippen LogP contribution is 2.31. The molecule has 1 heterocycles. The van der Waals surface area contributed by atoms with E-state index in [-0.39, 0.29) is 11.9 Å². The van der Waals surface area contributed by atoms with Crippen LogP contribution >= 0.6 is 0 Å². The first-order chi connectivity index (χ1) is 9.61. The summed E-state index contributed by atoms with van der Waals surface area (Å²) in [6.45, 7) is 8.29. The van der Waals surface area contributed by atoms with Gasteiger partial charge in [-0.3, -0.25) is 4.90 Å². The fraction of sp³-hybridized carbons (Fsp3) is 0.625. The van der Waals surface area contributed by atoms with Gasteiger partial charge in [0, 0.05) is 43.9 Å². The Labute approximate surface area is 121 Å². The summed E-state index contributed by atoms with van der Waals surface area (Å²) >= 11 is 0. The number of rotatable bonds is 5. The van der Waals surface area contributed by atoms with Gasteiger partial charge in [-0.1, -0.05) is 19.9 Å². The van der Waals surface area contributed by atoms with E-state index in [9.17, 15) is 4.39 Å². The van der Waals surface area contributed by atoms with Crippen molar-refractivity contribution in [2.75, 3.05) is 33.3 Å². The Bertz CT molecular complexity index is 430. The monoisotopic (exact) mass is 280 g/mol. The molecule has 0 aromatic heterocycles. The van der Waals surface area contributed by atoms with Crippen LogP contribution in [0.4, 0.5) is 4.39 Å². The number of piperazine rings is 1. The maximum absolute atomic E-state index is 14.4. The molecule has 0 saturated carbocycles. The van der Waals surface area contributed by atoms with Gasteiger partial charge in [-0.25, -0.2) is 4.39 Å². The molecule has 1 fully saturated rings. The van der Waals surface area contributed by atoms with Crippen molar-refractivity contribution in [3.8, 4) is 5.75 Å². The Kier molecular flexibility index (Phi) is 5.38. The van der Waals surface area contributed by atoms with E-state index in [0.717, 1.165) is 38.2 Å². The van der Waals surface area contributed by atoms with Crippen LogP contribution in [-0.4, -0.2) is 38.2 Å². The standard InChI is InChI=1S/C16H25FN2O/c1-12(2)10-16(19-8-6-18-7-9-19)14-5-4-13(20-3)11-15(14)17/h4-5,11-12,16,18H,6-10H2,1-3H3/t16-/m0/s1. The third-order valence-corrected chi connectivity index (χ3v) is 3.85. The smallest absolute Gasteiger partial charge is 0.131 e. The van der Waals surface area contributed by atoms with E-state index in [1.165, 1.54) is 6.07 Å². The Hall–Kier alpha value is -1.13. The Morgan fingerprint density at radius 1 is 1.30 bits per heavy atom. The first kappa shape index (κ1) is 15.3. The summed E-state index contributed by atoms with van der Waals surface area (Å²) in [6, 6.07) is 5.38. The SMILES string of the molecule is COc1ccc([C@H](CC(C)C)N2CCNCC2)c(F)c1. The van der Waals surface area contributed by atoms with Crippen LogP contribution in [0.1, 0.15) is 31.9 Å². The van der Waals surface area contributed by atoms with Crippen molar-refractivity contribution >= 4 is 0 Å². The second-order valence-corrected chi connectivity index (χ2v) is 5.82. The zero-order valence-electron chi connectivity index (χ0n) is 12.7. The highest BCUT2D eigenvalue weighted by Gasteiger charge is 2.25. The van der Waals surface area contributed by atoms with E-state index in [1.807, 2.05) is 12.1 Å². The lowest BCUT2D eigenvalue weighted by molar-refractivity contribution is 0.151. The lowest BCUT2D eigenvalue weighted by Crippen LogP contribution is -2.45. The maximum atomic E-state index is 14.4. The van der Waals surface area contributed by atoms with E-state index in [1.54, 1.807) is 7.11 Å². The first-order valence-corrected chi connectivity index (χ1v) is 7.40. The van der Waals surface area contributed by atoms with Crippen molar-refractivity contribution in [3.05, 3.63) is 29.6 Å². The Morgan fingerprint density at radius 3 is 2.55 bits per heavy atom. The lowest BCUT2D eigenvalue weighted by Gasteiger charge is -2.36. The van der Waals surface area contributed by atoms with Crippen molar-refractivity contribution in [3.63, 3.8) is 0 Å². The highest BCUT2D eigenvalue weighted by molar-refractivity contribution is 5.31. The molecule has 0 aliphatic carbocycles. The van der Waals surface area contributed by atoms with E-state index >= 15 is 0 Å². The van der Waals surface area contributed by atoms with Crippen LogP contribution in [0.15, 0.2) is 18.2 Å². The highest BCUT2D eigenvalue weighted by atomic mass is 19.1. The molecule has 1 atom stereocenters. The molecular formula is C16H25FN2O. The van der Waals surface area contributed by atoms with Crippen LogP contribution in [-0.2, 0) is 0 Å². The molecule has 0 unspecified atom stereocenters. The van der Waals surface area contributed by atoms with Gasteiger partial charge in [-0.05, 0) is 18.4 Å². The average molecular weight is 280 g/mol. The van der Waals surface area contributed by atoms with Gasteiger partial charge in [0.15, 0.2) is 0 Å². The van der Waals surface area contributed by atoms with E-state index in [0.29, 0.717) is 11.7 Å². The van der Waals surface area contributed by atoms with Crippen molar-refractivity contribution < 1.29 is 9.13 Å². The Balaban J connectivity index is 2.25. The fourth-order valence-electron chi connectivity index (χ4n) is 2.82. The molecular weight excluding hydrogens is 255 g/mol. The number of benzene rings is 1. The van der Waals surface area contributed by atoms with Crippen molar-refractivity contribution in [1.82, 2.24) is 10.2 Å². The summed E-state index contributed by atoms with van der Waals surface area (Å²) in [4.78, 5) is 2.39. The molecule has 112 valence electrons. The molecule has 3 nitrogen and oxygen atoms in total. The summed E-state index contributed by atoms with van der Waals surface area (Å²) in [5.41, 5.74) is 0.793. The first-order valence-electron chi connectivity index (χ1n) is 7.40.